The first-order valence-corrected chi connectivity index (χ1v) is 19.6. The second kappa shape index (κ2) is 14.2. The molecule has 6 rings (SSSR count). The smallest absolute Gasteiger partial charge is 0.270 e. The van der Waals surface area contributed by atoms with Gasteiger partial charge in [0.15, 0.2) is 0 Å². The van der Waals surface area contributed by atoms with Crippen molar-refractivity contribution in [2.45, 2.75) is 78.9 Å². The van der Waals surface area contributed by atoms with Gasteiger partial charge in [0.2, 0.25) is 33.5 Å². The molecule has 15 nitrogen and oxygen atoms in total. The molecule has 1 aliphatic heterocycles. The lowest BCUT2D eigenvalue weighted by molar-refractivity contribution is -0.140. The Labute approximate surface area is 305 Å². The number of anilines is 1. The molecule has 1 aromatic carbocycles. The minimum absolute atomic E-state index is 0.0153. The van der Waals surface area contributed by atoms with Crippen molar-refractivity contribution in [3.63, 3.8) is 0 Å². The predicted molar refractivity (Wildman–Crippen MR) is 190 cm³/mol. The Morgan fingerprint density at radius 1 is 1.18 bits per heavy atom. The number of rotatable bonds is 14. The van der Waals surface area contributed by atoms with Crippen LogP contribution in [0, 0.1) is 0 Å². The number of alkyl halides is 1. The van der Waals surface area contributed by atoms with Crippen molar-refractivity contribution in [3.8, 4) is 17.5 Å². The molecule has 3 heterocycles. The summed E-state index contributed by atoms with van der Waals surface area (Å²) in [6, 6.07) is 3.34. The highest BCUT2D eigenvalue weighted by Crippen LogP contribution is 2.44. The van der Waals surface area contributed by atoms with E-state index in [-0.39, 0.29) is 35.1 Å². The molecule has 3 N–H and O–H groups in total. The summed E-state index contributed by atoms with van der Waals surface area (Å²) in [5.41, 5.74) is -1.43. The van der Waals surface area contributed by atoms with E-state index in [1.807, 2.05) is 36.4 Å². The van der Waals surface area contributed by atoms with Crippen LogP contribution < -0.4 is 29.6 Å². The number of fused-ring (bicyclic) bond motifs is 1. The average Bonchev–Trinajstić information content (AvgIpc) is 3.94. The van der Waals surface area contributed by atoms with Crippen LogP contribution in [0.4, 0.5) is 5.82 Å². The second-order valence-corrected chi connectivity index (χ2v) is 16.5. The number of methoxy groups -OCH3 is 1. The maximum absolute atomic E-state index is 14.2. The first-order valence-electron chi connectivity index (χ1n) is 15.7. The summed E-state index contributed by atoms with van der Waals surface area (Å²) in [5, 5.41) is 7.06. The number of amides is 3. The molecule has 0 spiro atoms. The highest BCUT2D eigenvalue weighted by molar-refractivity contribution is 14.1. The van der Waals surface area contributed by atoms with E-state index in [0.29, 0.717) is 53.2 Å². The molecule has 3 fully saturated rings. The minimum Gasteiger partial charge on any atom is -0.494 e. The summed E-state index contributed by atoms with van der Waals surface area (Å²) in [4.78, 5) is 47.4. The van der Waals surface area contributed by atoms with E-state index < -0.39 is 56.7 Å². The third kappa shape index (κ3) is 7.32. The number of likely N-dealkylation sites (tertiary alicyclic amines) is 1. The van der Waals surface area contributed by atoms with Gasteiger partial charge in [0.1, 0.15) is 29.5 Å². The van der Waals surface area contributed by atoms with E-state index in [0.717, 1.165) is 11.7 Å². The zero-order valence-corrected chi connectivity index (χ0v) is 31.3. The van der Waals surface area contributed by atoms with Crippen molar-refractivity contribution in [2.75, 3.05) is 25.6 Å². The van der Waals surface area contributed by atoms with Crippen molar-refractivity contribution in [1.29, 1.82) is 0 Å². The van der Waals surface area contributed by atoms with Gasteiger partial charge in [0.25, 0.3) is 11.8 Å². The molecule has 3 amide bonds. The second-order valence-electron chi connectivity index (χ2n) is 12.1. The van der Waals surface area contributed by atoms with Gasteiger partial charge in [0.05, 0.1) is 43.4 Å². The Bertz CT molecular complexity index is 1880. The molecule has 2 saturated carbocycles. The van der Waals surface area contributed by atoms with Crippen LogP contribution in [0.1, 0.15) is 46.0 Å². The van der Waals surface area contributed by atoms with Gasteiger partial charge in [0, 0.05) is 26.1 Å². The standard InChI is InChI=1S/C30H35ClIN7O8S2/c1-4-20(34-24-27(46-5-2)37-48-36-24)28(41)39-14-16(47-26-19-10-15(31)6-9-18(19)22(45-3)13-33-26)11-21(39)25(40)35-30(12-23(30)32)29(42)38-49(43,44)17-7-8-17/h6,9-10,13,16-17,20-21,23H,4-5,7-8,11-12,14H2,1-3H3,(H,34,36)(H,35,40)(H,38,42)/t16-,20?,21+,23-,30-/m1/s1. The Morgan fingerprint density at radius 3 is 2.59 bits per heavy atom. The van der Waals surface area contributed by atoms with Crippen molar-refractivity contribution < 1.29 is 37.0 Å². The fourth-order valence-electron chi connectivity index (χ4n) is 5.79. The number of hydrogen-bond acceptors (Lipinski definition) is 13. The van der Waals surface area contributed by atoms with Gasteiger partial charge in [-0.25, -0.2) is 13.4 Å². The van der Waals surface area contributed by atoms with Gasteiger partial charge in [-0.05, 0) is 50.8 Å². The molecule has 5 atom stereocenters. The van der Waals surface area contributed by atoms with Crippen LogP contribution in [0.15, 0.2) is 24.4 Å². The molecule has 1 saturated heterocycles. The summed E-state index contributed by atoms with van der Waals surface area (Å²) < 4.78 is 52.7. The Balaban J connectivity index is 1.27. The lowest BCUT2D eigenvalue weighted by Crippen LogP contribution is -2.57. The molecule has 19 heteroatoms. The van der Waals surface area contributed by atoms with Crippen LogP contribution in [0.5, 0.6) is 17.5 Å². The summed E-state index contributed by atoms with van der Waals surface area (Å²) in [6.45, 7) is 3.99. The molecular weight excluding hydrogens is 813 g/mol. The van der Waals surface area contributed by atoms with Crippen LogP contribution in [0.3, 0.4) is 0 Å². The Morgan fingerprint density at radius 2 is 1.94 bits per heavy atom. The van der Waals surface area contributed by atoms with Crippen LogP contribution in [0.25, 0.3) is 10.8 Å². The SMILES string of the molecule is CCOc1nsnc1NC(CC)C(=O)N1C[C@H](Oc2ncc(OC)c3ccc(Cl)cc23)C[C@H]1C(=O)N[C@]1(C(=O)NS(=O)(=O)C2CC2)C[C@H]1I. The molecule has 2 aromatic heterocycles. The predicted octanol–water partition coefficient (Wildman–Crippen LogP) is 3.06. The van der Waals surface area contributed by atoms with Crippen LogP contribution in [0.2, 0.25) is 5.02 Å². The van der Waals surface area contributed by atoms with Gasteiger partial charge < -0.3 is 29.7 Å². The van der Waals surface area contributed by atoms with E-state index in [1.165, 1.54) is 18.2 Å². The summed E-state index contributed by atoms with van der Waals surface area (Å²) in [7, 11) is -2.31. The van der Waals surface area contributed by atoms with Crippen LogP contribution >= 0.6 is 45.9 Å². The number of hydrogen-bond donors (Lipinski definition) is 3. The summed E-state index contributed by atoms with van der Waals surface area (Å²) in [5.74, 6) is -0.456. The highest BCUT2D eigenvalue weighted by atomic mass is 127. The number of aromatic nitrogens is 3. The maximum Gasteiger partial charge on any atom is 0.270 e. The van der Waals surface area contributed by atoms with Gasteiger partial charge in [-0.1, -0.05) is 41.1 Å². The number of sulfonamides is 1. The number of ether oxygens (including phenoxy) is 3. The van der Waals surface area contributed by atoms with E-state index in [1.54, 1.807) is 18.2 Å². The molecule has 49 heavy (non-hydrogen) atoms. The van der Waals surface area contributed by atoms with Gasteiger partial charge in [-0.15, -0.1) is 4.37 Å². The number of halogens is 2. The van der Waals surface area contributed by atoms with E-state index >= 15 is 0 Å². The first kappa shape index (κ1) is 35.6. The van der Waals surface area contributed by atoms with Crippen molar-refractivity contribution in [1.82, 2.24) is 28.7 Å². The largest absolute Gasteiger partial charge is 0.494 e. The zero-order valence-electron chi connectivity index (χ0n) is 26.8. The lowest BCUT2D eigenvalue weighted by Gasteiger charge is -2.29. The molecule has 0 bridgehead atoms. The molecule has 264 valence electrons. The third-order valence-corrected chi connectivity index (χ3v) is 12.8. The number of nitrogens with one attached hydrogen (secondary N) is 3. The summed E-state index contributed by atoms with van der Waals surface area (Å²) in [6.07, 6.45) is 2.44. The van der Waals surface area contributed by atoms with Gasteiger partial charge in [-0.3, -0.25) is 19.1 Å². The Kier molecular flexibility index (Phi) is 10.3. The molecule has 0 radical (unpaired) electrons. The number of pyridine rings is 1. The van der Waals surface area contributed by atoms with Crippen molar-refractivity contribution in [2.24, 2.45) is 0 Å². The number of carbonyl (C=O) groups is 3. The van der Waals surface area contributed by atoms with Crippen LogP contribution in [-0.4, -0.2) is 97.9 Å². The van der Waals surface area contributed by atoms with E-state index in [2.05, 4.69) is 29.1 Å². The highest BCUT2D eigenvalue weighted by Gasteiger charge is 2.62. The molecule has 1 unspecified atom stereocenters. The molecule has 3 aliphatic rings. The van der Waals surface area contributed by atoms with E-state index in [4.69, 9.17) is 25.8 Å². The molecule has 3 aromatic rings. The number of benzene rings is 1. The molecule has 2 aliphatic carbocycles. The maximum atomic E-state index is 14.2. The molecular formula is C30H35ClIN7O8S2. The van der Waals surface area contributed by atoms with Crippen molar-refractivity contribution in [3.05, 3.63) is 29.4 Å². The fraction of sp³-hybridized carbons (Fsp3) is 0.533. The quantitative estimate of drug-likeness (QED) is 0.159. The average molecular weight is 848 g/mol. The van der Waals surface area contributed by atoms with Gasteiger partial charge >= 0.3 is 0 Å². The van der Waals surface area contributed by atoms with E-state index in [9.17, 15) is 22.8 Å². The normalized spacial score (nSPS) is 23.9. The lowest BCUT2D eigenvalue weighted by atomic mass is 10.1. The van der Waals surface area contributed by atoms with Crippen LogP contribution in [-0.2, 0) is 24.4 Å². The Hall–Kier alpha value is -3.23. The fourth-order valence-corrected chi connectivity index (χ4v) is 8.92. The van der Waals surface area contributed by atoms with Crippen molar-refractivity contribution >= 4 is 90.3 Å². The number of nitrogens with zero attached hydrogens (tertiary/aromatic N) is 4. The zero-order chi connectivity index (χ0) is 35.1. The topological polar surface area (TPSA) is 191 Å². The summed E-state index contributed by atoms with van der Waals surface area (Å²) >= 11 is 9.27. The minimum atomic E-state index is -3.84. The first-order chi connectivity index (χ1) is 23.4. The van der Waals surface area contributed by atoms with Gasteiger partial charge in [-0.2, -0.15) is 4.37 Å². The number of carbonyl (C=O) groups excluding carboxylic acids is 3. The third-order valence-electron chi connectivity index (χ3n) is 8.71. The monoisotopic (exact) mass is 847 g/mol.